The van der Waals surface area contributed by atoms with E-state index in [9.17, 15) is 4.79 Å². The number of aromatic nitrogens is 4. The molecule has 0 atom stereocenters. The van der Waals surface area contributed by atoms with Gasteiger partial charge in [-0.25, -0.2) is 4.98 Å². The molecule has 0 spiro atoms. The van der Waals surface area contributed by atoms with Crippen LogP contribution >= 0.6 is 11.6 Å². The smallest absolute Gasteiger partial charge is 0.308 e. The van der Waals surface area contributed by atoms with Crippen LogP contribution in [-0.2, 0) is 16.1 Å². The highest BCUT2D eigenvalue weighted by atomic mass is 35.5. The summed E-state index contributed by atoms with van der Waals surface area (Å²) in [6.45, 7) is 5.83. The number of hydrogen-bond donors (Lipinski definition) is 0. The van der Waals surface area contributed by atoms with Crippen LogP contribution in [0.1, 0.15) is 27.2 Å². The summed E-state index contributed by atoms with van der Waals surface area (Å²) in [5, 5.41) is 4.27. The van der Waals surface area contributed by atoms with Crippen LogP contribution in [0.5, 0.6) is 5.88 Å². The zero-order valence-electron chi connectivity index (χ0n) is 12.4. The zero-order valence-corrected chi connectivity index (χ0v) is 13.1. The molecule has 2 aromatic rings. The zero-order chi connectivity index (χ0) is 15.6. The molecule has 7 nitrogen and oxygen atoms in total. The number of esters is 1. The highest BCUT2D eigenvalue weighted by Gasteiger charge is 2.18. The second-order valence-corrected chi connectivity index (χ2v) is 5.78. The Labute approximate surface area is 127 Å². The van der Waals surface area contributed by atoms with Crippen molar-refractivity contribution in [3.8, 4) is 5.88 Å². The maximum atomic E-state index is 11.8. The number of hydrogen-bond acceptors (Lipinski definition) is 6. The topological polar surface area (TPSA) is 79.1 Å². The molecule has 0 saturated heterocycles. The largest absolute Gasteiger partial charge is 0.479 e. The van der Waals surface area contributed by atoms with Crippen LogP contribution in [0.25, 0.3) is 11.0 Å². The van der Waals surface area contributed by atoms with E-state index in [0.717, 1.165) is 0 Å². The van der Waals surface area contributed by atoms with Crippen LogP contribution in [0, 0.1) is 0 Å². The first kappa shape index (κ1) is 15.5. The fraction of sp³-hybridized carbons (Fsp3) is 0.538. The van der Waals surface area contributed by atoms with Gasteiger partial charge in [-0.15, -0.1) is 0 Å². The van der Waals surface area contributed by atoms with Crippen LogP contribution < -0.4 is 4.74 Å². The van der Waals surface area contributed by atoms with Gasteiger partial charge in [0.2, 0.25) is 11.2 Å². The van der Waals surface area contributed by atoms with Gasteiger partial charge in [-0.3, -0.25) is 9.48 Å². The lowest BCUT2D eigenvalue weighted by molar-refractivity contribution is -0.155. The molecule has 0 N–H and O–H groups in total. The fourth-order valence-electron chi connectivity index (χ4n) is 1.84. The van der Waals surface area contributed by atoms with E-state index in [1.54, 1.807) is 10.9 Å². The Bertz CT molecular complexity index is 663. The summed E-state index contributed by atoms with van der Waals surface area (Å²) in [5.74, 6) is 0.0340. The Hall–Kier alpha value is -1.89. The fourth-order valence-corrected chi connectivity index (χ4v) is 2.01. The highest BCUT2D eigenvalue weighted by molar-refractivity contribution is 6.28. The average molecular weight is 313 g/mol. The molecule has 0 bridgehead atoms. The minimum Gasteiger partial charge on any atom is -0.479 e. The summed E-state index contributed by atoms with van der Waals surface area (Å²) >= 11 is 5.80. The number of nitrogens with zero attached hydrogens (tertiary/aromatic N) is 4. The maximum absolute atomic E-state index is 11.8. The van der Waals surface area contributed by atoms with Crippen molar-refractivity contribution in [2.45, 2.75) is 39.3 Å². The van der Waals surface area contributed by atoms with Gasteiger partial charge in [0.1, 0.15) is 16.6 Å². The predicted octanol–water partition coefficient (Wildman–Crippen LogP) is 2.22. The molecular weight excluding hydrogens is 296 g/mol. The summed E-state index contributed by atoms with van der Waals surface area (Å²) in [4.78, 5) is 19.8. The first-order valence-electron chi connectivity index (χ1n) is 6.45. The number of rotatable bonds is 4. The Balaban J connectivity index is 2.18. The normalized spacial score (nSPS) is 11.7. The van der Waals surface area contributed by atoms with Gasteiger partial charge in [-0.2, -0.15) is 10.1 Å². The molecule has 0 saturated carbocycles. The molecule has 0 fully saturated rings. The van der Waals surface area contributed by atoms with E-state index < -0.39 is 5.60 Å². The van der Waals surface area contributed by atoms with Crippen LogP contribution in [0.15, 0.2) is 6.20 Å². The Morgan fingerprint density at radius 2 is 2.10 bits per heavy atom. The molecule has 0 aromatic carbocycles. The molecule has 21 heavy (non-hydrogen) atoms. The van der Waals surface area contributed by atoms with E-state index in [1.165, 1.54) is 7.11 Å². The van der Waals surface area contributed by atoms with Crippen molar-refractivity contribution in [1.29, 1.82) is 0 Å². The van der Waals surface area contributed by atoms with E-state index in [1.807, 2.05) is 20.8 Å². The van der Waals surface area contributed by atoms with Crippen molar-refractivity contribution in [2.75, 3.05) is 7.11 Å². The number of methoxy groups -OCH3 is 1. The third kappa shape index (κ3) is 3.81. The monoisotopic (exact) mass is 312 g/mol. The van der Waals surface area contributed by atoms with Crippen LogP contribution in [-0.4, -0.2) is 38.4 Å². The molecule has 0 aliphatic heterocycles. The van der Waals surface area contributed by atoms with Crippen molar-refractivity contribution in [2.24, 2.45) is 0 Å². The van der Waals surface area contributed by atoms with Gasteiger partial charge >= 0.3 is 5.97 Å². The van der Waals surface area contributed by atoms with E-state index in [-0.39, 0.29) is 17.7 Å². The van der Waals surface area contributed by atoms with Gasteiger partial charge in [-0.05, 0) is 32.4 Å². The maximum Gasteiger partial charge on any atom is 0.308 e. The summed E-state index contributed by atoms with van der Waals surface area (Å²) < 4.78 is 12.0. The lowest BCUT2D eigenvalue weighted by Gasteiger charge is -2.19. The summed E-state index contributed by atoms with van der Waals surface area (Å²) in [7, 11) is 1.49. The van der Waals surface area contributed by atoms with Crippen molar-refractivity contribution in [3.05, 3.63) is 11.5 Å². The molecule has 2 rings (SSSR count). The second-order valence-electron chi connectivity index (χ2n) is 5.44. The van der Waals surface area contributed by atoms with Crippen molar-refractivity contribution in [3.63, 3.8) is 0 Å². The first-order valence-corrected chi connectivity index (χ1v) is 6.83. The van der Waals surface area contributed by atoms with Crippen LogP contribution in [0.3, 0.4) is 0 Å². The van der Waals surface area contributed by atoms with Gasteiger partial charge in [0.05, 0.1) is 26.3 Å². The summed E-state index contributed by atoms with van der Waals surface area (Å²) in [6, 6.07) is 0. The lowest BCUT2D eigenvalue weighted by Crippen LogP contribution is -2.24. The van der Waals surface area contributed by atoms with E-state index in [4.69, 9.17) is 21.1 Å². The number of ether oxygens (including phenoxy) is 2. The van der Waals surface area contributed by atoms with Crippen LogP contribution in [0.2, 0.25) is 5.28 Å². The van der Waals surface area contributed by atoms with Gasteiger partial charge in [-0.1, -0.05) is 0 Å². The van der Waals surface area contributed by atoms with Crippen LogP contribution in [0.4, 0.5) is 0 Å². The molecule has 8 heteroatoms. The minimum absolute atomic E-state index is 0.0889. The SMILES string of the molecule is COc1nc(Cl)nc2cnn(CCC(=O)OC(C)(C)C)c12. The third-order valence-corrected chi connectivity index (χ3v) is 2.74. The van der Waals surface area contributed by atoms with Gasteiger partial charge in [0.15, 0.2) is 0 Å². The molecule has 2 heterocycles. The molecule has 0 aliphatic carbocycles. The molecule has 0 unspecified atom stereocenters. The number of halogens is 1. The molecule has 0 radical (unpaired) electrons. The minimum atomic E-state index is -0.502. The first-order chi connectivity index (χ1) is 9.80. The molecule has 0 amide bonds. The lowest BCUT2D eigenvalue weighted by atomic mass is 10.2. The molecule has 2 aromatic heterocycles. The summed E-state index contributed by atoms with van der Waals surface area (Å²) in [5.41, 5.74) is 0.666. The Morgan fingerprint density at radius 3 is 2.71 bits per heavy atom. The van der Waals surface area contributed by atoms with Gasteiger partial charge < -0.3 is 9.47 Å². The Morgan fingerprint density at radius 1 is 1.38 bits per heavy atom. The number of aryl methyl sites for hydroxylation is 1. The van der Waals surface area contributed by atoms with E-state index in [2.05, 4.69) is 15.1 Å². The number of fused-ring (bicyclic) bond motifs is 1. The third-order valence-electron chi connectivity index (χ3n) is 2.57. The second kappa shape index (κ2) is 5.85. The Kier molecular flexibility index (Phi) is 4.32. The van der Waals surface area contributed by atoms with Gasteiger partial charge in [0.25, 0.3) is 0 Å². The molecule has 114 valence electrons. The van der Waals surface area contributed by atoms with Crippen molar-refractivity contribution >= 4 is 28.6 Å². The molecular formula is C13H17ClN4O3. The predicted molar refractivity (Wildman–Crippen MR) is 77.3 cm³/mol. The van der Waals surface area contributed by atoms with Gasteiger partial charge in [0, 0.05) is 0 Å². The van der Waals surface area contributed by atoms with Crippen molar-refractivity contribution in [1.82, 2.24) is 19.7 Å². The van der Waals surface area contributed by atoms with E-state index in [0.29, 0.717) is 23.5 Å². The van der Waals surface area contributed by atoms with E-state index >= 15 is 0 Å². The average Bonchev–Trinajstić information content (AvgIpc) is 2.76. The number of carbonyl (C=O) groups is 1. The highest BCUT2D eigenvalue weighted by Crippen LogP contribution is 2.23. The number of carbonyl (C=O) groups excluding carboxylic acids is 1. The quantitative estimate of drug-likeness (QED) is 0.636. The standard InChI is InChI=1S/C13H17ClN4O3/c1-13(2,3)21-9(19)5-6-18-10-8(7-15-18)16-12(14)17-11(10)20-4/h7H,5-6H2,1-4H3. The molecule has 0 aliphatic rings. The summed E-state index contributed by atoms with van der Waals surface area (Å²) in [6.07, 6.45) is 1.75. The van der Waals surface area contributed by atoms with Crippen molar-refractivity contribution < 1.29 is 14.3 Å².